The maximum atomic E-state index is 11.0. The van der Waals surface area contributed by atoms with E-state index in [0.29, 0.717) is 11.7 Å². The Kier molecular flexibility index (Phi) is 4.57. The number of carbonyl (C=O) groups is 1. The summed E-state index contributed by atoms with van der Waals surface area (Å²) in [6.45, 7) is 4.30. The van der Waals surface area contributed by atoms with Crippen molar-refractivity contribution in [2.75, 3.05) is 13.1 Å². The minimum Gasteiger partial charge on any atom is -0.479 e. The van der Waals surface area contributed by atoms with Gasteiger partial charge in [0.15, 0.2) is 6.10 Å². The van der Waals surface area contributed by atoms with Gasteiger partial charge in [0.1, 0.15) is 5.75 Å². The number of carboxylic acids is 1. The molecule has 5 nitrogen and oxygen atoms in total. The lowest BCUT2D eigenvalue weighted by Gasteiger charge is -2.39. The van der Waals surface area contributed by atoms with Crippen LogP contribution in [0.1, 0.15) is 24.0 Å². The Hall–Kier alpha value is -2.40. The highest BCUT2D eigenvalue weighted by Crippen LogP contribution is 2.30. The average molecular weight is 312 g/mol. The second-order valence-corrected chi connectivity index (χ2v) is 5.88. The van der Waals surface area contributed by atoms with Crippen LogP contribution in [-0.2, 0) is 11.3 Å². The lowest BCUT2D eigenvalue weighted by atomic mass is 9.92. The Labute approximate surface area is 135 Å². The van der Waals surface area contributed by atoms with Crippen LogP contribution < -0.4 is 4.74 Å². The van der Waals surface area contributed by atoms with Gasteiger partial charge in [0.25, 0.3) is 0 Å². The summed E-state index contributed by atoms with van der Waals surface area (Å²) < 4.78 is 5.55. The van der Waals surface area contributed by atoms with Crippen LogP contribution in [0.3, 0.4) is 0 Å². The molecule has 1 aromatic carbocycles. The highest BCUT2D eigenvalue weighted by atomic mass is 16.5. The van der Waals surface area contributed by atoms with Crippen molar-refractivity contribution >= 4 is 5.97 Å². The zero-order valence-electron chi connectivity index (χ0n) is 13.1. The number of hydrogen-bond acceptors (Lipinski definition) is 4. The van der Waals surface area contributed by atoms with Gasteiger partial charge in [-0.2, -0.15) is 0 Å². The number of pyridine rings is 1. The molecular weight excluding hydrogens is 292 g/mol. The Morgan fingerprint density at radius 3 is 2.70 bits per heavy atom. The lowest BCUT2D eigenvalue weighted by Crippen LogP contribution is -2.44. The summed E-state index contributed by atoms with van der Waals surface area (Å²) in [5, 5.41) is 8.99. The van der Waals surface area contributed by atoms with E-state index in [9.17, 15) is 4.79 Å². The zero-order valence-corrected chi connectivity index (χ0v) is 13.1. The van der Waals surface area contributed by atoms with Gasteiger partial charge in [0, 0.05) is 43.5 Å². The third-order valence-corrected chi connectivity index (χ3v) is 4.15. The number of aliphatic carboxylic acids is 1. The Balaban J connectivity index is 1.60. The molecule has 5 heteroatoms. The minimum atomic E-state index is -0.957. The van der Waals surface area contributed by atoms with Crippen LogP contribution in [-0.4, -0.2) is 40.2 Å². The molecule has 3 rings (SSSR count). The van der Waals surface area contributed by atoms with E-state index >= 15 is 0 Å². The lowest BCUT2D eigenvalue weighted by molar-refractivity contribution is -0.144. The molecule has 1 fully saturated rings. The van der Waals surface area contributed by atoms with E-state index in [4.69, 9.17) is 9.84 Å². The monoisotopic (exact) mass is 312 g/mol. The van der Waals surface area contributed by atoms with Gasteiger partial charge in [-0.1, -0.05) is 18.2 Å². The number of likely N-dealkylation sites (tertiary alicyclic amines) is 1. The number of para-hydroxylation sites is 1. The molecule has 0 bridgehead atoms. The highest BCUT2D eigenvalue weighted by Gasteiger charge is 2.28. The standard InChI is InChI=1S/C18H20N2O3/c1-13(18(21)22)23-17-5-3-2-4-15(17)10-20-11-16(12-20)14-6-8-19-9-7-14/h2-9,13,16H,10-12H2,1H3,(H,21,22). The summed E-state index contributed by atoms with van der Waals surface area (Å²) in [7, 11) is 0. The van der Waals surface area contributed by atoms with Gasteiger partial charge >= 0.3 is 5.97 Å². The Morgan fingerprint density at radius 1 is 1.30 bits per heavy atom. The van der Waals surface area contributed by atoms with Gasteiger partial charge < -0.3 is 9.84 Å². The molecular formula is C18H20N2O3. The molecule has 2 heterocycles. The summed E-state index contributed by atoms with van der Waals surface area (Å²) in [6, 6.07) is 11.8. The predicted molar refractivity (Wildman–Crippen MR) is 86.4 cm³/mol. The predicted octanol–water partition coefficient (Wildman–Crippen LogP) is 2.53. The first-order valence-corrected chi connectivity index (χ1v) is 7.73. The Bertz CT molecular complexity index is 669. The number of hydrogen-bond donors (Lipinski definition) is 1. The minimum absolute atomic E-state index is 0.545. The van der Waals surface area contributed by atoms with E-state index in [1.165, 1.54) is 5.56 Å². The summed E-state index contributed by atoms with van der Waals surface area (Å²) in [5.41, 5.74) is 2.34. The maximum absolute atomic E-state index is 11.0. The maximum Gasteiger partial charge on any atom is 0.344 e. The summed E-state index contributed by atoms with van der Waals surface area (Å²) >= 11 is 0. The van der Waals surface area contributed by atoms with Gasteiger partial charge in [-0.15, -0.1) is 0 Å². The summed E-state index contributed by atoms with van der Waals surface area (Å²) in [4.78, 5) is 17.3. The average Bonchev–Trinajstić information content (AvgIpc) is 2.52. The molecule has 0 saturated carbocycles. The van der Waals surface area contributed by atoms with E-state index in [1.54, 1.807) is 6.92 Å². The molecule has 0 aliphatic carbocycles. The van der Waals surface area contributed by atoms with Crippen LogP contribution in [0.5, 0.6) is 5.75 Å². The normalized spacial score (nSPS) is 16.6. The summed E-state index contributed by atoms with van der Waals surface area (Å²) in [6.07, 6.45) is 2.81. The van der Waals surface area contributed by atoms with Gasteiger partial charge in [0.05, 0.1) is 0 Å². The first-order chi connectivity index (χ1) is 11.1. The third-order valence-electron chi connectivity index (χ3n) is 4.15. The van der Waals surface area contributed by atoms with E-state index in [-0.39, 0.29) is 0 Å². The quantitative estimate of drug-likeness (QED) is 0.888. The van der Waals surface area contributed by atoms with E-state index < -0.39 is 12.1 Å². The largest absolute Gasteiger partial charge is 0.479 e. The van der Waals surface area contributed by atoms with Crippen molar-refractivity contribution in [3.05, 3.63) is 59.9 Å². The van der Waals surface area contributed by atoms with Crippen molar-refractivity contribution in [1.82, 2.24) is 9.88 Å². The topological polar surface area (TPSA) is 62.7 Å². The first-order valence-electron chi connectivity index (χ1n) is 7.73. The number of carboxylic acid groups (broad SMARTS) is 1. The number of benzene rings is 1. The smallest absolute Gasteiger partial charge is 0.344 e. The number of nitrogens with zero attached hydrogens (tertiary/aromatic N) is 2. The number of ether oxygens (including phenoxy) is 1. The number of rotatable bonds is 6. The van der Waals surface area contributed by atoms with Crippen LogP contribution in [0, 0.1) is 0 Å². The van der Waals surface area contributed by atoms with E-state index in [1.807, 2.05) is 36.7 Å². The first kappa shape index (κ1) is 15.5. The van der Waals surface area contributed by atoms with Crippen LogP contribution in [0.2, 0.25) is 0 Å². The van der Waals surface area contributed by atoms with Crippen LogP contribution in [0.15, 0.2) is 48.8 Å². The summed E-state index contributed by atoms with van der Waals surface area (Å²) in [5.74, 6) is 0.236. The molecule has 23 heavy (non-hydrogen) atoms. The second-order valence-electron chi connectivity index (χ2n) is 5.88. The molecule has 1 unspecified atom stereocenters. The highest BCUT2D eigenvalue weighted by molar-refractivity contribution is 5.72. The zero-order chi connectivity index (χ0) is 16.2. The molecule has 1 saturated heterocycles. The molecule has 0 radical (unpaired) electrons. The van der Waals surface area contributed by atoms with Crippen molar-refractivity contribution in [2.24, 2.45) is 0 Å². The van der Waals surface area contributed by atoms with Crippen LogP contribution >= 0.6 is 0 Å². The van der Waals surface area contributed by atoms with Crippen molar-refractivity contribution in [1.29, 1.82) is 0 Å². The fraction of sp³-hybridized carbons (Fsp3) is 0.333. The fourth-order valence-electron chi connectivity index (χ4n) is 2.78. The fourth-order valence-corrected chi connectivity index (χ4v) is 2.78. The van der Waals surface area contributed by atoms with Crippen molar-refractivity contribution < 1.29 is 14.6 Å². The van der Waals surface area contributed by atoms with Gasteiger partial charge in [0.2, 0.25) is 0 Å². The van der Waals surface area contributed by atoms with Gasteiger partial charge in [-0.05, 0) is 30.7 Å². The molecule has 1 N–H and O–H groups in total. The third kappa shape index (κ3) is 3.68. The molecule has 120 valence electrons. The molecule has 0 spiro atoms. The van der Waals surface area contributed by atoms with E-state index in [0.717, 1.165) is 25.2 Å². The van der Waals surface area contributed by atoms with Gasteiger partial charge in [-0.3, -0.25) is 9.88 Å². The Morgan fingerprint density at radius 2 is 2.00 bits per heavy atom. The molecule has 1 atom stereocenters. The number of aromatic nitrogens is 1. The van der Waals surface area contributed by atoms with Gasteiger partial charge in [-0.25, -0.2) is 4.79 Å². The van der Waals surface area contributed by atoms with Crippen LogP contribution in [0.25, 0.3) is 0 Å². The van der Waals surface area contributed by atoms with Crippen molar-refractivity contribution in [2.45, 2.75) is 25.5 Å². The molecule has 2 aromatic rings. The van der Waals surface area contributed by atoms with Crippen LogP contribution in [0.4, 0.5) is 0 Å². The molecule has 0 amide bonds. The second kappa shape index (κ2) is 6.79. The van der Waals surface area contributed by atoms with E-state index in [2.05, 4.69) is 22.0 Å². The van der Waals surface area contributed by atoms with Crippen molar-refractivity contribution in [3.63, 3.8) is 0 Å². The SMILES string of the molecule is CC(Oc1ccccc1CN1CC(c2ccncc2)C1)C(=O)O. The molecule has 1 aromatic heterocycles. The molecule has 1 aliphatic heterocycles. The molecule has 1 aliphatic rings. The van der Waals surface area contributed by atoms with Crippen molar-refractivity contribution in [3.8, 4) is 5.75 Å².